The molecule has 0 radical (unpaired) electrons. The van der Waals surface area contributed by atoms with Crippen LogP contribution in [0, 0.1) is 0 Å². The number of hydrogen-bond acceptors (Lipinski definition) is 3. The second-order valence-corrected chi connectivity index (χ2v) is 1.78. The molecule has 0 aliphatic heterocycles. The summed E-state index contributed by atoms with van der Waals surface area (Å²) in [5, 5.41) is 8.37. The molecule has 5 heteroatoms. The molecular weight excluding hydrogens is 168 g/mol. The normalized spacial score (nSPS) is 8.36. The Bertz CT molecular complexity index is 247. The number of hydrogen-bond donors (Lipinski definition) is 2. The number of nitrogen functional groups attached to an aromatic ring is 1. The van der Waals surface area contributed by atoms with Gasteiger partial charge in [0.1, 0.15) is 5.69 Å². The summed E-state index contributed by atoms with van der Waals surface area (Å²) in [6.45, 7) is 0. The van der Waals surface area contributed by atoms with E-state index in [0.29, 0.717) is 5.69 Å². The molecule has 3 N–H and O–H groups in total. The second-order valence-electron chi connectivity index (χ2n) is 1.78. The van der Waals surface area contributed by atoms with Gasteiger partial charge < -0.3 is 10.8 Å². The lowest BCUT2D eigenvalue weighted by atomic mass is 10.3. The maximum absolute atomic E-state index is 10.2. The lowest BCUT2D eigenvalue weighted by molar-refractivity contribution is 0.0690. The third-order valence-electron chi connectivity index (χ3n) is 1.01. The highest BCUT2D eigenvalue weighted by atomic mass is 35.5. The molecule has 0 aliphatic rings. The maximum atomic E-state index is 10.2. The number of nitrogens with zero attached hydrogens (tertiary/aromatic N) is 1. The van der Waals surface area contributed by atoms with Crippen molar-refractivity contribution in [2.75, 3.05) is 5.73 Å². The standard InChI is InChI=1S/C6H6N2O2.ClH/c7-4-1-2-5(6(9)10)8-3-4;/h1-3H,7H2,(H,9,10);1H. The largest absolute Gasteiger partial charge is 0.477 e. The molecule has 4 nitrogen and oxygen atoms in total. The molecule has 0 saturated heterocycles. The van der Waals surface area contributed by atoms with Crippen molar-refractivity contribution in [3.8, 4) is 0 Å². The Kier molecular flexibility index (Phi) is 3.33. The number of carboxylic acid groups (broad SMARTS) is 1. The Morgan fingerprint density at radius 3 is 2.55 bits per heavy atom. The third-order valence-corrected chi connectivity index (χ3v) is 1.01. The molecule has 0 fully saturated rings. The van der Waals surface area contributed by atoms with Crippen LogP contribution in [0.4, 0.5) is 5.69 Å². The third kappa shape index (κ3) is 2.43. The van der Waals surface area contributed by atoms with Gasteiger partial charge in [0.05, 0.1) is 11.9 Å². The van der Waals surface area contributed by atoms with E-state index in [4.69, 9.17) is 10.8 Å². The van der Waals surface area contributed by atoms with Gasteiger partial charge in [-0.3, -0.25) is 0 Å². The van der Waals surface area contributed by atoms with E-state index < -0.39 is 5.97 Å². The smallest absolute Gasteiger partial charge is 0.354 e. The Morgan fingerprint density at radius 1 is 1.55 bits per heavy atom. The fraction of sp³-hybridized carbons (Fsp3) is 0. The lowest BCUT2D eigenvalue weighted by Crippen LogP contribution is -1.99. The first-order valence-electron chi connectivity index (χ1n) is 2.65. The van der Waals surface area contributed by atoms with Crippen molar-refractivity contribution in [1.29, 1.82) is 0 Å². The SMILES string of the molecule is Cl.Nc1ccc(C(=O)O)nc1. The Hall–Kier alpha value is -1.29. The van der Waals surface area contributed by atoms with Crippen LogP contribution in [-0.4, -0.2) is 16.1 Å². The summed E-state index contributed by atoms with van der Waals surface area (Å²) in [6, 6.07) is 2.86. The predicted molar refractivity (Wildman–Crippen MR) is 42.9 cm³/mol. The predicted octanol–water partition coefficient (Wildman–Crippen LogP) is 0.784. The van der Waals surface area contributed by atoms with E-state index in [1.165, 1.54) is 18.3 Å². The molecule has 0 spiro atoms. The Morgan fingerprint density at radius 2 is 2.18 bits per heavy atom. The molecule has 60 valence electrons. The number of nitrogens with two attached hydrogens (primary N) is 1. The monoisotopic (exact) mass is 174 g/mol. The van der Waals surface area contributed by atoms with Crippen LogP contribution in [0.25, 0.3) is 0 Å². The molecule has 0 unspecified atom stereocenters. The molecule has 0 amide bonds. The summed E-state index contributed by atoms with van der Waals surface area (Å²) in [4.78, 5) is 13.8. The van der Waals surface area contributed by atoms with Gasteiger partial charge in [0.2, 0.25) is 0 Å². The molecule has 0 aliphatic carbocycles. The Balaban J connectivity index is 0.000001000. The number of halogens is 1. The van der Waals surface area contributed by atoms with Gasteiger partial charge in [0.25, 0.3) is 0 Å². The van der Waals surface area contributed by atoms with Gasteiger partial charge in [0.15, 0.2) is 0 Å². The van der Waals surface area contributed by atoms with Crippen LogP contribution in [-0.2, 0) is 0 Å². The van der Waals surface area contributed by atoms with Crippen LogP contribution in [0.1, 0.15) is 10.5 Å². The van der Waals surface area contributed by atoms with Gasteiger partial charge in [-0.2, -0.15) is 0 Å². The number of pyridine rings is 1. The molecule has 1 aromatic heterocycles. The molecule has 1 aromatic rings. The van der Waals surface area contributed by atoms with E-state index in [2.05, 4.69) is 4.98 Å². The summed E-state index contributed by atoms with van der Waals surface area (Å²) in [6.07, 6.45) is 1.31. The zero-order valence-corrected chi connectivity index (χ0v) is 6.34. The number of aromatic carboxylic acids is 1. The quantitative estimate of drug-likeness (QED) is 0.660. The van der Waals surface area contributed by atoms with E-state index in [-0.39, 0.29) is 18.1 Å². The van der Waals surface area contributed by atoms with Crippen LogP contribution in [0.3, 0.4) is 0 Å². The van der Waals surface area contributed by atoms with Gasteiger partial charge in [-0.15, -0.1) is 12.4 Å². The average Bonchev–Trinajstić information content (AvgIpc) is 1.88. The van der Waals surface area contributed by atoms with Crippen LogP contribution in [0.15, 0.2) is 18.3 Å². The van der Waals surface area contributed by atoms with Gasteiger partial charge in [-0.25, -0.2) is 9.78 Å². The van der Waals surface area contributed by atoms with Crippen molar-refractivity contribution in [2.24, 2.45) is 0 Å². The highest BCUT2D eigenvalue weighted by Gasteiger charge is 2.00. The van der Waals surface area contributed by atoms with Crippen molar-refractivity contribution < 1.29 is 9.90 Å². The molecule has 0 saturated carbocycles. The highest BCUT2D eigenvalue weighted by Crippen LogP contribution is 1.99. The molecular formula is C6H7ClN2O2. The van der Waals surface area contributed by atoms with Gasteiger partial charge in [0, 0.05) is 0 Å². The van der Waals surface area contributed by atoms with Crippen LogP contribution >= 0.6 is 12.4 Å². The molecule has 1 rings (SSSR count). The van der Waals surface area contributed by atoms with Crippen molar-refractivity contribution >= 4 is 24.1 Å². The second kappa shape index (κ2) is 3.78. The van der Waals surface area contributed by atoms with Crippen LogP contribution < -0.4 is 5.73 Å². The number of aromatic nitrogens is 1. The van der Waals surface area contributed by atoms with E-state index in [0.717, 1.165) is 0 Å². The van der Waals surface area contributed by atoms with Gasteiger partial charge in [-0.1, -0.05) is 0 Å². The van der Waals surface area contributed by atoms with Crippen molar-refractivity contribution in [2.45, 2.75) is 0 Å². The summed E-state index contributed by atoms with van der Waals surface area (Å²) in [7, 11) is 0. The zero-order valence-electron chi connectivity index (χ0n) is 5.52. The van der Waals surface area contributed by atoms with E-state index in [1.807, 2.05) is 0 Å². The van der Waals surface area contributed by atoms with E-state index in [9.17, 15) is 4.79 Å². The maximum Gasteiger partial charge on any atom is 0.354 e. The number of anilines is 1. The summed E-state index contributed by atoms with van der Waals surface area (Å²) >= 11 is 0. The van der Waals surface area contributed by atoms with Gasteiger partial charge in [-0.05, 0) is 12.1 Å². The fourth-order valence-corrected chi connectivity index (χ4v) is 0.532. The van der Waals surface area contributed by atoms with E-state index in [1.54, 1.807) is 0 Å². The van der Waals surface area contributed by atoms with Crippen molar-refractivity contribution in [3.63, 3.8) is 0 Å². The van der Waals surface area contributed by atoms with E-state index >= 15 is 0 Å². The van der Waals surface area contributed by atoms with Crippen molar-refractivity contribution in [3.05, 3.63) is 24.0 Å². The van der Waals surface area contributed by atoms with Crippen LogP contribution in [0.5, 0.6) is 0 Å². The summed E-state index contributed by atoms with van der Waals surface area (Å²) in [5.41, 5.74) is 5.74. The zero-order chi connectivity index (χ0) is 7.56. The lowest BCUT2D eigenvalue weighted by Gasteiger charge is -1.92. The molecule has 0 bridgehead atoms. The van der Waals surface area contributed by atoms with Crippen LogP contribution in [0.2, 0.25) is 0 Å². The minimum absolute atomic E-state index is 0. The topological polar surface area (TPSA) is 76.2 Å². The minimum atomic E-state index is -1.04. The van der Waals surface area contributed by atoms with Gasteiger partial charge >= 0.3 is 5.97 Å². The average molecular weight is 175 g/mol. The fourth-order valence-electron chi connectivity index (χ4n) is 0.532. The molecule has 0 aromatic carbocycles. The molecule has 11 heavy (non-hydrogen) atoms. The first kappa shape index (κ1) is 9.71. The summed E-state index contributed by atoms with van der Waals surface area (Å²) < 4.78 is 0. The van der Waals surface area contributed by atoms with Crippen molar-refractivity contribution in [1.82, 2.24) is 4.98 Å². The minimum Gasteiger partial charge on any atom is -0.477 e. The molecule has 1 heterocycles. The number of carbonyl (C=O) groups is 1. The first-order chi connectivity index (χ1) is 4.70. The summed E-state index contributed by atoms with van der Waals surface area (Å²) in [5.74, 6) is -1.04. The molecule has 0 atom stereocenters. The highest BCUT2D eigenvalue weighted by molar-refractivity contribution is 5.85. The first-order valence-corrected chi connectivity index (χ1v) is 2.65. The number of rotatable bonds is 1. The number of carboxylic acids is 1. The Labute approximate surface area is 69.5 Å².